The third kappa shape index (κ3) is 1.62. The van der Waals surface area contributed by atoms with E-state index in [0.29, 0.717) is 0 Å². The molecule has 0 atom stereocenters. The van der Waals surface area contributed by atoms with Gasteiger partial charge in [0.1, 0.15) is 11.4 Å². The van der Waals surface area contributed by atoms with E-state index in [0.717, 1.165) is 33.3 Å². The van der Waals surface area contributed by atoms with Crippen LogP contribution in [0.5, 0.6) is 5.75 Å². The number of para-hydroxylation sites is 3. The Hall–Kier alpha value is -3.07. The van der Waals surface area contributed by atoms with Gasteiger partial charge in [-0.1, -0.05) is 30.3 Å². The molecule has 0 spiro atoms. The van der Waals surface area contributed by atoms with E-state index >= 15 is 0 Å². The van der Waals surface area contributed by atoms with Crippen molar-refractivity contribution in [1.82, 2.24) is 9.38 Å². The monoisotopic (exact) mass is 298 g/mol. The van der Waals surface area contributed by atoms with Crippen LogP contribution in [0.25, 0.3) is 38.4 Å². The summed E-state index contributed by atoms with van der Waals surface area (Å²) in [6.07, 6.45) is 0. The fourth-order valence-electron chi connectivity index (χ4n) is 3.42. The molecule has 0 N–H and O–H groups in total. The Labute approximate surface area is 132 Å². The first-order valence-corrected chi connectivity index (χ1v) is 7.62. The molecule has 3 nitrogen and oxygen atoms in total. The fraction of sp³-hybridized carbons (Fsp3) is 0.0500. The van der Waals surface area contributed by atoms with Crippen LogP contribution in [-0.2, 0) is 0 Å². The van der Waals surface area contributed by atoms with E-state index in [2.05, 4.69) is 59.0 Å². The molecule has 5 rings (SSSR count). The number of nitrogens with zero attached hydrogens (tertiary/aromatic N) is 2. The van der Waals surface area contributed by atoms with Gasteiger partial charge in [-0.2, -0.15) is 0 Å². The highest BCUT2D eigenvalue weighted by Gasteiger charge is 2.13. The third-order valence-corrected chi connectivity index (χ3v) is 4.46. The highest BCUT2D eigenvalue weighted by Crippen LogP contribution is 2.33. The summed E-state index contributed by atoms with van der Waals surface area (Å²) in [4.78, 5) is 4.87. The Kier molecular flexibility index (Phi) is 2.42. The molecule has 0 bridgehead atoms. The molecular formula is C20H14N2O. The summed E-state index contributed by atoms with van der Waals surface area (Å²) in [5.74, 6) is 0.864. The van der Waals surface area contributed by atoms with Crippen LogP contribution in [0, 0.1) is 0 Å². The van der Waals surface area contributed by atoms with Gasteiger partial charge in [0.15, 0.2) is 0 Å². The number of imidazole rings is 1. The van der Waals surface area contributed by atoms with Gasteiger partial charge in [0.2, 0.25) is 0 Å². The van der Waals surface area contributed by atoms with Crippen molar-refractivity contribution in [3.8, 4) is 5.75 Å². The largest absolute Gasteiger partial charge is 0.497 e. The van der Waals surface area contributed by atoms with Crippen molar-refractivity contribution >= 4 is 38.4 Å². The van der Waals surface area contributed by atoms with Crippen LogP contribution in [0.2, 0.25) is 0 Å². The van der Waals surface area contributed by atoms with Gasteiger partial charge in [-0.15, -0.1) is 0 Å². The lowest BCUT2D eigenvalue weighted by atomic mass is 10.1. The molecule has 3 heteroatoms. The number of aromatic nitrogens is 2. The van der Waals surface area contributed by atoms with Gasteiger partial charge < -0.3 is 4.74 Å². The van der Waals surface area contributed by atoms with Crippen LogP contribution >= 0.6 is 0 Å². The first-order chi connectivity index (χ1) is 11.4. The van der Waals surface area contributed by atoms with E-state index < -0.39 is 0 Å². The molecule has 0 amide bonds. The molecule has 0 fully saturated rings. The second-order valence-corrected chi connectivity index (χ2v) is 5.69. The van der Waals surface area contributed by atoms with Crippen molar-refractivity contribution in [3.63, 3.8) is 0 Å². The molecule has 2 heterocycles. The average Bonchev–Trinajstić information content (AvgIpc) is 3.01. The van der Waals surface area contributed by atoms with Crippen molar-refractivity contribution in [2.75, 3.05) is 7.11 Å². The minimum atomic E-state index is 0.864. The number of methoxy groups -OCH3 is 1. The molecule has 0 aliphatic heterocycles. The Morgan fingerprint density at radius 2 is 1.57 bits per heavy atom. The summed E-state index contributed by atoms with van der Waals surface area (Å²) in [5, 5.41) is 3.51. The number of ether oxygens (including phenoxy) is 1. The second-order valence-electron chi connectivity index (χ2n) is 5.69. The predicted molar refractivity (Wildman–Crippen MR) is 94.3 cm³/mol. The zero-order valence-electron chi connectivity index (χ0n) is 12.7. The third-order valence-electron chi connectivity index (χ3n) is 4.46. The maximum Gasteiger partial charge on any atom is 0.146 e. The molecule has 0 aliphatic rings. The lowest BCUT2D eigenvalue weighted by molar-refractivity contribution is 0.415. The molecule has 0 unspecified atom stereocenters. The van der Waals surface area contributed by atoms with Gasteiger partial charge in [0, 0.05) is 10.8 Å². The summed E-state index contributed by atoms with van der Waals surface area (Å²) in [6.45, 7) is 0. The summed E-state index contributed by atoms with van der Waals surface area (Å²) in [7, 11) is 1.70. The summed E-state index contributed by atoms with van der Waals surface area (Å²) >= 11 is 0. The molecule has 0 radical (unpaired) electrons. The zero-order valence-corrected chi connectivity index (χ0v) is 12.7. The Bertz CT molecular complexity index is 1200. The summed E-state index contributed by atoms with van der Waals surface area (Å²) < 4.78 is 7.66. The lowest BCUT2D eigenvalue weighted by Crippen LogP contribution is -1.92. The molecule has 0 saturated heterocycles. The van der Waals surface area contributed by atoms with Crippen LogP contribution in [0.4, 0.5) is 0 Å². The number of benzene rings is 3. The average molecular weight is 298 g/mol. The van der Waals surface area contributed by atoms with Crippen molar-refractivity contribution < 1.29 is 4.74 Å². The lowest BCUT2D eigenvalue weighted by Gasteiger charge is -2.10. The standard InChI is InChI=1S/C20H14N2O/c1-23-13-10-11-15-16(12-13)14-6-2-4-8-18(14)22-19-9-5-3-7-17(19)21-20(15)22/h2-12H,1H3. The van der Waals surface area contributed by atoms with E-state index in [4.69, 9.17) is 9.72 Å². The van der Waals surface area contributed by atoms with Crippen LogP contribution < -0.4 is 4.74 Å². The molecule has 5 aromatic rings. The van der Waals surface area contributed by atoms with Gasteiger partial charge >= 0.3 is 0 Å². The Morgan fingerprint density at radius 3 is 2.43 bits per heavy atom. The molecule has 0 aliphatic carbocycles. The van der Waals surface area contributed by atoms with E-state index in [-0.39, 0.29) is 0 Å². The van der Waals surface area contributed by atoms with Gasteiger partial charge in [0.05, 0.1) is 23.7 Å². The van der Waals surface area contributed by atoms with E-state index in [1.54, 1.807) is 7.11 Å². The SMILES string of the molecule is COc1ccc2c(c1)c1ccccc1n1c3ccccc3nc21. The number of fused-ring (bicyclic) bond motifs is 8. The number of hydrogen-bond donors (Lipinski definition) is 0. The Balaban J connectivity index is 2.15. The molecular weight excluding hydrogens is 284 g/mol. The number of hydrogen-bond acceptors (Lipinski definition) is 2. The highest BCUT2D eigenvalue weighted by molar-refractivity contribution is 6.14. The normalized spacial score (nSPS) is 11.7. The molecule has 0 saturated carbocycles. The fourth-order valence-corrected chi connectivity index (χ4v) is 3.42. The topological polar surface area (TPSA) is 26.5 Å². The molecule has 3 aromatic carbocycles. The molecule has 2 aromatic heterocycles. The minimum Gasteiger partial charge on any atom is -0.497 e. The van der Waals surface area contributed by atoms with Gasteiger partial charge in [-0.05, 0) is 41.8 Å². The summed E-state index contributed by atoms with van der Waals surface area (Å²) in [6, 6.07) is 22.9. The predicted octanol–water partition coefficient (Wildman–Crippen LogP) is 4.80. The molecule has 23 heavy (non-hydrogen) atoms. The Morgan fingerprint density at radius 1 is 0.783 bits per heavy atom. The molecule has 110 valence electrons. The van der Waals surface area contributed by atoms with Crippen molar-refractivity contribution in [2.24, 2.45) is 0 Å². The van der Waals surface area contributed by atoms with Crippen LogP contribution in [0.3, 0.4) is 0 Å². The summed E-state index contributed by atoms with van der Waals surface area (Å²) in [5.41, 5.74) is 4.30. The van der Waals surface area contributed by atoms with Gasteiger partial charge in [0.25, 0.3) is 0 Å². The number of rotatable bonds is 1. The van der Waals surface area contributed by atoms with Gasteiger partial charge in [-0.3, -0.25) is 4.40 Å². The quantitative estimate of drug-likeness (QED) is 0.415. The smallest absolute Gasteiger partial charge is 0.146 e. The number of pyridine rings is 1. The van der Waals surface area contributed by atoms with E-state index in [1.807, 2.05) is 12.1 Å². The second kappa shape index (κ2) is 4.46. The van der Waals surface area contributed by atoms with Crippen LogP contribution in [-0.4, -0.2) is 16.5 Å². The first-order valence-electron chi connectivity index (χ1n) is 7.62. The van der Waals surface area contributed by atoms with E-state index in [9.17, 15) is 0 Å². The van der Waals surface area contributed by atoms with Crippen molar-refractivity contribution in [2.45, 2.75) is 0 Å². The van der Waals surface area contributed by atoms with Crippen molar-refractivity contribution in [3.05, 3.63) is 66.7 Å². The first kappa shape index (κ1) is 12.5. The van der Waals surface area contributed by atoms with Gasteiger partial charge in [-0.25, -0.2) is 4.98 Å². The van der Waals surface area contributed by atoms with Crippen LogP contribution in [0.15, 0.2) is 66.7 Å². The zero-order chi connectivity index (χ0) is 15.4. The van der Waals surface area contributed by atoms with Crippen LogP contribution in [0.1, 0.15) is 0 Å². The van der Waals surface area contributed by atoms with Crippen molar-refractivity contribution in [1.29, 1.82) is 0 Å². The maximum atomic E-state index is 5.41. The highest BCUT2D eigenvalue weighted by atomic mass is 16.5. The van der Waals surface area contributed by atoms with E-state index in [1.165, 1.54) is 10.8 Å². The maximum absolute atomic E-state index is 5.41. The minimum absolute atomic E-state index is 0.864.